The second-order valence-electron chi connectivity index (χ2n) is 7.58. The maximum Gasteiger partial charge on any atom is 0.245 e. The molecule has 1 spiro atoms. The number of para-hydroxylation sites is 1. The van der Waals surface area contributed by atoms with Gasteiger partial charge in [0.1, 0.15) is 22.8 Å². The molecule has 5 rings (SSSR count). The molecular weight excluding hydrogens is 482 g/mol. The van der Waals surface area contributed by atoms with Gasteiger partial charge in [-0.25, -0.2) is 0 Å². The summed E-state index contributed by atoms with van der Waals surface area (Å²) >= 11 is 3.47. The summed E-state index contributed by atoms with van der Waals surface area (Å²) in [5.41, 5.74) is 6.23. The van der Waals surface area contributed by atoms with Crippen molar-refractivity contribution in [3.8, 4) is 6.07 Å². The molecule has 0 saturated carbocycles. The van der Waals surface area contributed by atoms with E-state index in [1.165, 1.54) is 0 Å². The van der Waals surface area contributed by atoms with Gasteiger partial charge in [-0.3, -0.25) is 9.59 Å². The van der Waals surface area contributed by atoms with E-state index in [1.807, 2.05) is 6.07 Å². The van der Waals surface area contributed by atoms with Gasteiger partial charge in [-0.05, 0) is 22.0 Å². The number of amides is 1. The topological polar surface area (TPSA) is 105 Å². The Kier molecular flexibility index (Phi) is 4.88. The van der Waals surface area contributed by atoms with Gasteiger partial charge in [0.25, 0.3) is 0 Å². The van der Waals surface area contributed by atoms with Crippen LogP contribution in [0.25, 0.3) is 5.76 Å². The average molecular weight is 498 g/mol. The number of benzene rings is 3. The first-order chi connectivity index (χ1) is 16.0. The standard InChI is InChI=1S/C26H16BrN3O3/c27-19-13-7-12-17-21(19)30-25(32)26(17)18(14-28)24(29)33-23(16-10-5-2-6-11-16)20(26)22(31)15-8-3-1-4-9-15/h1-13H,29H2,(H,30,32). The Morgan fingerprint density at radius 3 is 2.33 bits per heavy atom. The highest BCUT2D eigenvalue weighted by atomic mass is 79.9. The third kappa shape index (κ3) is 2.92. The van der Waals surface area contributed by atoms with Gasteiger partial charge in [0, 0.05) is 21.2 Å². The van der Waals surface area contributed by atoms with Crippen molar-refractivity contribution in [1.29, 1.82) is 5.26 Å². The van der Waals surface area contributed by atoms with Gasteiger partial charge in [0.15, 0.2) is 5.78 Å². The van der Waals surface area contributed by atoms with Gasteiger partial charge in [0.2, 0.25) is 11.8 Å². The fourth-order valence-electron chi connectivity index (χ4n) is 4.42. The zero-order chi connectivity index (χ0) is 23.2. The lowest BCUT2D eigenvalue weighted by Gasteiger charge is -2.35. The second-order valence-corrected chi connectivity index (χ2v) is 8.44. The van der Waals surface area contributed by atoms with E-state index in [1.54, 1.807) is 72.8 Å². The van der Waals surface area contributed by atoms with Crippen LogP contribution in [0.4, 0.5) is 5.69 Å². The number of hydrogen-bond donors (Lipinski definition) is 2. The van der Waals surface area contributed by atoms with Gasteiger partial charge >= 0.3 is 0 Å². The molecule has 3 N–H and O–H groups in total. The summed E-state index contributed by atoms with van der Waals surface area (Å²) < 4.78 is 6.54. The molecule has 33 heavy (non-hydrogen) atoms. The van der Waals surface area contributed by atoms with Crippen LogP contribution in [0.3, 0.4) is 0 Å². The van der Waals surface area contributed by atoms with Gasteiger partial charge in [-0.2, -0.15) is 5.26 Å². The highest BCUT2D eigenvalue weighted by Crippen LogP contribution is 2.55. The van der Waals surface area contributed by atoms with Crippen molar-refractivity contribution >= 4 is 39.1 Å². The Balaban J connectivity index is 1.93. The first-order valence-corrected chi connectivity index (χ1v) is 10.9. The van der Waals surface area contributed by atoms with E-state index in [-0.39, 0.29) is 22.8 Å². The molecule has 3 aromatic carbocycles. The van der Waals surface area contributed by atoms with E-state index in [0.29, 0.717) is 26.9 Å². The Labute approximate surface area is 198 Å². The summed E-state index contributed by atoms with van der Waals surface area (Å²) in [5.74, 6) is -1.05. The van der Waals surface area contributed by atoms with Gasteiger partial charge in [0.05, 0.1) is 11.3 Å². The molecular formula is C26H16BrN3O3. The van der Waals surface area contributed by atoms with E-state index in [9.17, 15) is 14.9 Å². The molecule has 0 radical (unpaired) electrons. The van der Waals surface area contributed by atoms with Crippen LogP contribution < -0.4 is 11.1 Å². The van der Waals surface area contributed by atoms with Crippen LogP contribution in [0.2, 0.25) is 0 Å². The zero-order valence-corrected chi connectivity index (χ0v) is 18.7. The number of ketones is 1. The molecule has 1 atom stereocenters. The molecule has 2 aliphatic rings. The van der Waals surface area contributed by atoms with Crippen molar-refractivity contribution in [3.05, 3.63) is 117 Å². The van der Waals surface area contributed by atoms with Crippen molar-refractivity contribution in [2.45, 2.75) is 5.41 Å². The van der Waals surface area contributed by atoms with E-state index in [2.05, 4.69) is 27.3 Å². The Morgan fingerprint density at radius 1 is 1.00 bits per heavy atom. The SMILES string of the molecule is N#CC1=C(N)OC(c2ccccc2)=C(C(=O)c2ccccc2)C12C(=O)Nc1c(Br)cccc12. The predicted octanol–water partition coefficient (Wildman–Crippen LogP) is 4.66. The number of carbonyl (C=O) groups is 2. The number of nitrogens with one attached hydrogen (secondary N) is 1. The molecule has 0 saturated heterocycles. The molecule has 1 unspecified atom stereocenters. The van der Waals surface area contributed by atoms with E-state index in [4.69, 9.17) is 10.5 Å². The molecule has 6 nitrogen and oxygen atoms in total. The summed E-state index contributed by atoms with van der Waals surface area (Å²) in [5, 5.41) is 13.0. The largest absolute Gasteiger partial charge is 0.439 e. The normalized spacial score (nSPS) is 19.1. The summed E-state index contributed by atoms with van der Waals surface area (Å²) in [4.78, 5) is 27.8. The molecule has 0 aliphatic carbocycles. The molecule has 2 heterocycles. The van der Waals surface area contributed by atoms with E-state index < -0.39 is 17.1 Å². The van der Waals surface area contributed by atoms with Crippen molar-refractivity contribution in [2.75, 3.05) is 5.32 Å². The summed E-state index contributed by atoms with van der Waals surface area (Å²) in [6.07, 6.45) is 0. The van der Waals surface area contributed by atoms with Crippen molar-refractivity contribution in [2.24, 2.45) is 5.73 Å². The molecule has 3 aromatic rings. The van der Waals surface area contributed by atoms with Crippen LogP contribution in [0.15, 0.2) is 100 Å². The lowest BCUT2D eigenvalue weighted by Crippen LogP contribution is -2.45. The predicted molar refractivity (Wildman–Crippen MR) is 126 cm³/mol. The number of rotatable bonds is 3. The quantitative estimate of drug-likeness (QED) is 0.512. The molecule has 7 heteroatoms. The number of fused-ring (bicyclic) bond motifs is 2. The summed E-state index contributed by atoms with van der Waals surface area (Å²) in [6, 6.07) is 24.8. The van der Waals surface area contributed by atoms with Crippen LogP contribution in [0, 0.1) is 11.3 Å². The van der Waals surface area contributed by atoms with Crippen LogP contribution in [-0.2, 0) is 14.9 Å². The number of carbonyl (C=O) groups excluding carboxylic acids is 2. The maximum atomic E-state index is 14.1. The highest BCUT2D eigenvalue weighted by molar-refractivity contribution is 9.10. The number of ether oxygens (including phenoxy) is 1. The third-order valence-electron chi connectivity index (χ3n) is 5.84. The zero-order valence-electron chi connectivity index (χ0n) is 17.1. The Bertz CT molecular complexity index is 1420. The van der Waals surface area contributed by atoms with E-state index >= 15 is 0 Å². The summed E-state index contributed by atoms with van der Waals surface area (Å²) in [6.45, 7) is 0. The maximum absolute atomic E-state index is 14.1. The van der Waals surface area contributed by atoms with Crippen molar-refractivity contribution in [3.63, 3.8) is 0 Å². The molecule has 1 amide bonds. The minimum atomic E-state index is -1.77. The van der Waals surface area contributed by atoms with Crippen molar-refractivity contribution in [1.82, 2.24) is 0 Å². The van der Waals surface area contributed by atoms with Crippen LogP contribution in [0.1, 0.15) is 21.5 Å². The molecule has 160 valence electrons. The highest BCUT2D eigenvalue weighted by Gasteiger charge is 2.60. The lowest BCUT2D eigenvalue weighted by molar-refractivity contribution is -0.118. The molecule has 0 aromatic heterocycles. The number of hydrogen-bond acceptors (Lipinski definition) is 5. The number of nitriles is 1. The minimum absolute atomic E-state index is 0.0417. The van der Waals surface area contributed by atoms with Gasteiger partial charge in [-0.15, -0.1) is 0 Å². The third-order valence-corrected chi connectivity index (χ3v) is 6.50. The van der Waals surface area contributed by atoms with Crippen molar-refractivity contribution < 1.29 is 14.3 Å². The lowest BCUT2D eigenvalue weighted by atomic mass is 9.66. The Hall–Kier alpha value is -4.15. The monoisotopic (exact) mass is 497 g/mol. The van der Waals surface area contributed by atoms with Crippen LogP contribution >= 0.6 is 15.9 Å². The van der Waals surface area contributed by atoms with Crippen LogP contribution in [-0.4, -0.2) is 11.7 Å². The van der Waals surface area contributed by atoms with E-state index in [0.717, 1.165) is 0 Å². The molecule has 0 fully saturated rings. The number of halogens is 1. The first-order valence-electron chi connectivity index (χ1n) is 10.1. The van der Waals surface area contributed by atoms with Gasteiger partial charge in [-0.1, -0.05) is 72.8 Å². The number of nitrogens with zero attached hydrogens (tertiary/aromatic N) is 1. The molecule has 2 aliphatic heterocycles. The number of anilines is 1. The fourth-order valence-corrected chi connectivity index (χ4v) is 4.89. The smallest absolute Gasteiger partial charge is 0.245 e. The minimum Gasteiger partial charge on any atom is -0.439 e. The fraction of sp³-hybridized carbons (Fsp3) is 0.0385. The van der Waals surface area contributed by atoms with Gasteiger partial charge < -0.3 is 15.8 Å². The second kappa shape index (κ2) is 7.76. The average Bonchev–Trinajstić information content (AvgIpc) is 3.13. The Morgan fingerprint density at radius 2 is 1.67 bits per heavy atom. The molecule has 0 bridgehead atoms. The summed E-state index contributed by atoms with van der Waals surface area (Å²) in [7, 11) is 0. The number of nitrogens with two attached hydrogens (primary N) is 1. The first kappa shape index (κ1) is 20.7. The van der Waals surface area contributed by atoms with Crippen LogP contribution in [0.5, 0.6) is 0 Å². The number of Topliss-reactive ketones (excluding diaryl/α,β-unsaturated/α-hetero) is 1.